The van der Waals surface area contributed by atoms with Gasteiger partial charge in [0.05, 0.1) is 4.83 Å². The molecule has 0 radical (unpaired) electrons. The van der Waals surface area contributed by atoms with Crippen LogP contribution in [0.4, 0.5) is 0 Å². The maximum atomic E-state index is 12.0. The van der Waals surface area contributed by atoms with Crippen LogP contribution in [0.25, 0.3) is 0 Å². The number of nitrogens with one attached hydrogen (secondary N) is 1. The predicted octanol–water partition coefficient (Wildman–Crippen LogP) is 3.96. The molecule has 0 aliphatic rings. The number of benzene rings is 2. The molecule has 1 unspecified atom stereocenters. The lowest BCUT2D eigenvalue weighted by molar-refractivity contribution is -0.120. The van der Waals surface area contributed by atoms with Crippen molar-refractivity contribution in [3.63, 3.8) is 0 Å². The first-order valence-electron chi connectivity index (χ1n) is 6.36. The molecule has 2 aromatic carbocycles. The lowest BCUT2D eigenvalue weighted by Crippen LogP contribution is -2.31. The van der Waals surface area contributed by atoms with E-state index < -0.39 is 0 Å². The molecule has 0 bridgehead atoms. The van der Waals surface area contributed by atoms with Crippen LogP contribution in [0, 0.1) is 0 Å². The zero-order chi connectivity index (χ0) is 14.4. The maximum Gasteiger partial charge on any atom is 0.234 e. The third kappa shape index (κ3) is 4.36. The summed E-state index contributed by atoms with van der Waals surface area (Å²) in [4.78, 5) is 11.7. The average Bonchev–Trinajstić information content (AvgIpc) is 2.48. The van der Waals surface area contributed by atoms with E-state index in [1.165, 1.54) is 0 Å². The molecule has 2 aromatic rings. The van der Waals surface area contributed by atoms with E-state index >= 15 is 0 Å². The van der Waals surface area contributed by atoms with Gasteiger partial charge in [-0.05, 0) is 23.6 Å². The molecule has 2 nitrogen and oxygen atoms in total. The molecule has 0 heterocycles. The summed E-state index contributed by atoms with van der Waals surface area (Å²) in [7, 11) is 0. The van der Waals surface area contributed by atoms with Crippen LogP contribution in [0.5, 0.6) is 0 Å². The third-order valence-corrected chi connectivity index (χ3v) is 4.06. The average molecular weight is 353 g/mol. The van der Waals surface area contributed by atoms with Gasteiger partial charge >= 0.3 is 0 Å². The van der Waals surface area contributed by atoms with Crippen LogP contribution < -0.4 is 5.32 Å². The molecule has 0 aliphatic carbocycles. The Morgan fingerprint density at radius 2 is 1.75 bits per heavy atom. The Morgan fingerprint density at radius 3 is 2.45 bits per heavy atom. The molecular formula is C16H15BrClNO. The van der Waals surface area contributed by atoms with Crippen LogP contribution in [0.2, 0.25) is 5.02 Å². The number of amides is 1. The molecule has 1 N–H and O–H groups in total. The van der Waals surface area contributed by atoms with Gasteiger partial charge in [0.15, 0.2) is 0 Å². The van der Waals surface area contributed by atoms with Crippen LogP contribution in [0.1, 0.15) is 11.1 Å². The van der Waals surface area contributed by atoms with Crippen molar-refractivity contribution in [3.05, 3.63) is 70.7 Å². The highest BCUT2D eigenvalue weighted by molar-refractivity contribution is 9.10. The van der Waals surface area contributed by atoms with Crippen molar-refractivity contribution in [1.82, 2.24) is 5.32 Å². The minimum Gasteiger partial charge on any atom is -0.351 e. The molecule has 2 rings (SSSR count). The Balaban J connectivity index is 1.88. The Kier molecular flexibility index (Phi) is 5.62. The topological polar surface area (TPSA) is 29.1 Å². The van der Waals surface area contributed by atoms with Crippen molar-refractivity contribution in [2.75, 3.05) is 0 Å². The van der Waals surface area contributed by atoms with Crippen LogP contribution >= 0.6 is 27.5 Å². The fraction of sp³-hybridized carbons (Fsp3) is 0.188. The SMILES string of the molecule is O=C(NCc1ccccc1)C(Br)Cc1ccccc1Cl. The first-order valence-corrected chi connectivity index (χ1v) is 7.65. The molecule has 0 saturated heterocycles. The Morgan fingerprint density at radius 1 is 1.10 bits per heavy atom. The van der Waals surface area contributed by atoms with E-state index in [1.807, 2.05) is 54.6 Å². The number of carbonyl (C=O) groups is 1. The summed E-state index contributed by atoms with van der Waals surface area (Å²) in [5.74, 6) is -0.0335. The van der Waals surface area contributed by atoms with Gasteiger partial charge in [-0.3, -0.25) is 4.79 Å². The van der Waals surface area contributed by atoms with Crippen molar-refractivity contribution in [1.29, 1.82) is 0 Å². The van der Waals surface area contributed by atoms with E-state index in [1.54, 1.807) is 0 Å². The quantitative estimate of drug-likeness (QED) is 0.811. The van der Waals surface area contributed by atoms with E-state index in [0.717, 1.165) is 11.1 Å². The largest absolute Gasteiger partial charge is 0.351 e. The summed E-state index contributed by atoms with van der Waals surface area (Å²) in [6.07, 6.45) is 0.570. The highest BCUT2D eigenvalue weighted by atomic mass is 79.9. The summed E-state index contributed by atoms with van der Waals surface area (Å²) in [5, 5.41) is 3.60. The van der Waals surface area contributed by atoms with Crippen molar-refractivity contribution in [2.24, 2.45) is 0 Å². The number of rotatable bonds is 5. The van der Waals surface area contributed by atoms with Crippen molar-refractivity contribution >= 4 is 33.4 Å². The van der Waals surface area contributed by atoms with E-state index in [0.29, 0.717) is 18.0 Å². The van der Waals surface area contributed by atoms with Crippen molar-refractivity contribution < 1.29 is 4.79 Å². The molecule has 104 valence electrons. The number of alkyl halides is 1. The fourth-order valence-electron chi connectivity index (χ4n) is 1.85. The van der Waals surface area contributed by atoms with E-state index in [9.17, 15) is 4.79 Å². The number of hydrogen-bond donors (Lipinski definition) is 1. The fourth-order valence-corrected chi connectivity index (χ4v) is 2.57. The molecule has 0 aromatic heterocycles. The van der Waals surface area contributed by atoms with Gasteiger partial charge in [0, 0.05) is 11.6 Å². The Hall–Kier alpha value is -1.32. The smallest absolute Gasteiger partial charge is 0.234 e. The predicted molar refractivity (Wildman–Crippen MR) is 86.2 cm³/mol. The Bertz CT molecular complexity index is 574. The second kappa shape index (κ2) is 7.46. The molecule has 0 fully saturated rings. The van der Waals surface area contributed by atoms with Gasteiger partial charge < -0.3 is 5.32 Å². The lowest BCUT2D eigenvalue weighted by atomic mass is 10.1. The monoisotopic (exact) mass is 351 g/mol. The zero-order valence-corrected chi connectivity index (χ0v) is 13.2. The van der Waals surface area contributed by atoms with Gasteiger partial charge in [-0.25, -0.2) is 0 Å². The first-order chi connectivity index (χ1) is 9.66. The highest BCUT2D eigenvalue weighted by Gasteiger charge is 2.16. The summed E-state index contributed by atoms with van der Waals surface area (Å²) in [6.45, 7) is 0.532. The standard InChI is InChI=1S/C16H15BrClNO/c17-14(10-13-8-4-5-9-15(13)18)16(20)19-11-12-6-2-1-3-7-12/h1-9,14H,10-11H2,(H,19,20). The van der Waals surface area contributed by atoms with Crippen molar-refractivity contribution in [2.45, 2.75) is 17.8 Å². The van der Waals surface area contributed by atoms with Gasteiger partial charge in [0.1, 0.15) is 0 Å². The molecule has 0 aliphatic heterocycles. The number of hydrogen-bond acceptors (Lipinski definition) is 1. The Labute approximate surface area is 132 Å². The minimum absolute atomic E-state index is 0.0335. The van der Waals surface area contributed by atoms with E-state index in [4.69, 9.17) is 11.6 Å². The molecule has 1 amide bonds. The van der Waals surface area contributed by atoms with Gasteiger partial charge in [-0.1, -0.05) is 76.1 Å². The van der Waals surface area contributed by atoms with Crippen LogP contribution in [-0.2, 0) is 17.8 Å². The number of carbonyl (C=O) groups excluding carboxylic acids is 1. The summed E-state index contributed by atoms with van der Waals surface area (Å²) in [5.41, 5.74) is 2.05. The number of halogens is 2. The van der Waals surface area contributed by atoms with Gasteiger partial charge in [-0.2, -0.15) is 0 Å². The molecule has 4 heteroatoms. The summed E-state index contributed by atoms with van der Waals surface area (Å²) >= 11 is 9.51. The van der Waals surface area contributed by atoms with Gasteiger partial charge in [0.25, 0.3) is 0 Å². The second-order valence-electron chi connectivity index (χ2n) is 4.47. The molecular weight excluding hydrogens is 338 g/mol. The van der Waals surface area contributed by atoms with E-state index in [-0.39, 0.29) is 10.7 Å². The van der Waals surface area contributed by atoms with Crippen LogP contribution in [0.3, 0.4) is 0 Å². The van der Waals surface area contributed by atoms with Crippen LogP contribution in [0.15, 0.2) is 54.6 Å². The maximum absolute atomic E-state index is 12.0. The van der Waals surface area contributed by atoms with Gasteiger partial charge in [0.2, 0.25) is 5.91 Å². The van der Waals surface area contributed by atoms with E-state index in [2.05, 4.69) is 21.2 Å². The molecule has 1 atom stereocenters. The summed E-state index contributed by atoms with van der Waals surface area (Å²) in [6, 6.07) is 17.4. The highest BCUT2D eigenvalue weighted by Crippen LogP contribution is 2.19. The van der Waals surface area contributed by atoms with Gasteiger partial charge in [-0.15, -0.1) is 0 Å². The molecule has 0 saturated carbocycles. The lowest BCUT2D eigenvalue weighted by Gasteiger charge is -2.12. The minimum atomic E-state index is -0.286. The second-order valence-corrected chi connectivity index (χ2v) is 5.98. The molecule has 20 heavy (non-hydrogen) atoms. The normalized spacial score (nSPS) is 11.9. The zero-order valence-electron chi connectivity index (χ0n) is 10.9. The first kappa shape index (κ1) is 15.1. The summed E-state index contributed by atoms with van der Waals surface area (Å²) < 4.78 is 0. The third-order valence-electron chi connectivity index (χ3n) is 2.95. The van der Waals surface area contributed by atoms with Crippen molar-refractivity contribution in [3.8, 4) is 0 Å². The molecule has 0 spiro atoms. The van der Waals surface area contributed by atoms with Crippen LogP contribution in [-0.4, -0.2) is 10.7 Å².